The minimum absolute atomic E-state index is 0.0580. The molecular formula is C24H30N2O. The van der Waals surface area contributed by atoms with Crippen molar-refractivity contribution in [1.29, 1.82) is 0 Å². The monoisotopic (exact) mass is 362 g/mol. The van der Waals surface area contributed by atoms with E-state index in [1.807, 2.05) is 18.2 Å². The molecule has 1 aromatic carbocycles. The van der Waals surface area contributed by atoms with Gasteiger partial charge in [0.2, 0.25) is 0 Å². The van der Waals surface area contributed by atoms with Gasteiger partial charge in [-0.15, -0.1) is 0 Å². The molecule has 1 aromatic rings. The van der Waals surface area contributed by atoms with Gasteiger partial charge >= 0.3 is 0 Å². The molecule has 2 fully saturated rings. The number of carbonyl (C=O) groups is 1. The Morgan fingerprint density at radius 2 is 2.11 bits per heavy atom. The number of benzene rings is 1. The van der Waals surface area contributed by atoms with Crippen molar-refractivity contribution in [3.8, 4) is 0 Å². The second-order valence-electron chi connectivity index (χ2n) is 8.09. The van der Waals surface area contributed by atoms with E-state index in [1.165, 1.54) is 18.6 Å². The highest BCUT2D eigenvalue weighted by Gasteiger charge is 2.47. The average molecular weight is 363 g/mol. The van der Waals surface area contributed by atoms with Crippen LogP contribution in [0.1, 0.15) is 56.0 Å². The first-order valence-electron chi connectivity index (χ1n) is 9.80. The molecular weight excluding hydrogens is 332 g/mol. The zero-order valence-corrected chi connectivity index (χ0v) is 16.7. The number of anilines is 1. The van der Waals surface area contributed by atoms with E-state index in [1.54, 1.807) is 19.1 Å². The zero-order chi connectivity index (χ0) is 19.6. The number of allylic oxidation sites excluding steroid dienone is 3. The lowest BCUT2D eigenvalue weighted by molar-refractivity contribution is 0.101. The van der Waals surface area contributed by atoms with Crippen LogP contribution in [0.5, 0.6) is 0 Å². The Bertz CT molecular complexity index is 829. The number of hydrogen-bond donors (Lipinski definition) is 1. The van der Waals surface area contributed by atoms with E-state index in [2.05, 4.69) is 38.4 Å². The molecule has 2 aliphatic carbocycles. The third-order valence-corrected chi connectivity index (χ3v) is 6.07. The smallest absolute Gasteiger partial charge is 0.160 e. The highest BCUT2D eigenvalue weighted by Crippen LogP contribution is 2.48. The standard InChI is InChI=1S/C24H30N2O/c1-6-8-19(7-2)26-20-11-12-21(17(4)27)22(13-20)24(5)14-23(16(24)3)25-15-18-9-10-18/h6-8,11-13,16,18,26H,1-2,9-10,14-15H2,3-5H3/b19-8+,25-23?/t16-,24?/m0/s1. The summed E-state index contributed by atoms with van der Waals surface area (Å²) in [6, 6.07) is 6.01. The Balaban J connectivity index is 1.90. The van der Waals surface area contributed by atoms with Crippen LogP contribution in [0.15, 0.2) is 60.3 Å². The predicted octanol–water partition coefficient (Wildman–Crippen LogP) is 5.71. The molecule has 1 N–H and O–H groups in total. The maximum atomic E-state index is 12.3. The summed E-state index contributed by atoms with van der Waals surface area (Å²) in [5.41, 5.74) is 5.00. The van der Waals surface area contributed by atoms with Gasteiger partial charge in [-0.2, -0.15) is 0 Å². The van der Waals surface area contributed by atoms with Crippen molar-refractivity contribution in [2.45, 2.75) is 45.4 Å². The summed E-state index contributed by atoms with van der Waals surface area (Å²) in [6.45, 7) is 14.7. The van der Waals surface area contributed by atoms with Crippen molar-refractivity contribution < 1.29 is 4.79 Å². The summed E-state index contributed by atoms with van der Waals surface area (Å²) >= 11 is 0. The second kappa shape index (κ2) is 7.67. The Morgan fingerprint density at radius 3 is 2.67 bits per heavy atom. The highest BCUT2D eigenvalue weighted by atomic mass is 16.1. The topological polar surface area (TPSA) is 41.5 Å². The first-order chi connectivity index (χ1) is 12.9. The van der Waals surface area contributed by atoms with Crippen LogP contribution >= 0.6 is 0 Å². The summed E-state index contributed by atoms with van der Waals surface area (Å²) in [5.74, 6) is 1.27. The van der Waals surface area contributed by atoms with Crippen LogP contribution in [-0.2, 0) is 5.41 Å². The van der Waals surface area contributed by atoms with E-state index < -0.39 is 0 Å². The lowest BCUT2D eigenvalue weighted by atomic mass is 9.56. The van der Waals surface area contributed by atoms with Gasteiger partial charge in [0.05, 0.1) is 0 Å². The third kappa shape index (κ3) is 3.97. The maximum Gasteiger partial charge on any atom is 0.160 e. The molecule has 0 radical (unpaired) electrons. The summed E-state index contributed by atoms with van der Waals surface area (Å²) in [4.78, 5) is 17.1. The molecule has 2 saturated carbocycles. The molecule has 0 spiro atoms. The van der Waals surface area contributed by atoms with Crippen molar-refractivity contribution in [3.63, 3.8) is 0 Å². The quantitative estimate of drug-likeness (QED) is 0.476. The van der Waals surface area contributed by atoms with Gasteiger partial charge in [-0.25, -0.2) is 0 Å². The number of aliphatic imine (C=N–C) groups is 1. The first kappa shape index (κ1) is 19.3. The van der Waals surface area contributed by atoms with E-state index in [4.69, 9.17) is 4.99 Å². The third-order valence-electron chi connectivity index (χ3n) is 6.07. The molecule has 3 heteroatoms. The van der Waals surface area contributed by atoms with Gasteiger partial charge in [0.15, 0.2) is 5.78 Å². The van der Waals surface area contributed by atoms with E-state index in [0.717, 1.165) is 41.4 Å². The summed E-state index contributed by atoms with van der Waals surface area (Å²) in [5, 5.41) is 3.36. The average Bonchev–Trinajstić information content (AvgIpc) is 3.48. The lowest BCUT2D eigenvalue weighted by Crippen LogP contribution is -2.49. The van der Waals surface area contributed by atoms with Crippen molar-refractivity contribution in [2.75, 3.05) is 11.9 Å². The molecule has 2 atom stereocenters. The molecule has 0 heterocycles. The van der Waals surface area contributed by atoms with Crippen molar-refractivity contribution >= 4 is 17.2 Å². The van der Waals surface area contributed by atoms with Crippen LogP contribution in [0.25, 0.3) is 0 Å². The van der Waals surface area contributed by atoms with Crippen LogP contribution in [0.3, 0.4) is 0 Å². The van der Waals surface area contributed by atoms with Gasteiger partial charge < -0.3 is 5.32 Å². The van der Waals surface area contributed by atoms with Gasteiger partial charge in [-0.05, 0) is 68.0 Å². The van der Waals surface area contributed by atoms with E-state index in [9.17, 15) is 4.79 Å². The number of Topliss-reactive ketones (excluding diaryl/α,β-unsaturated/α-hetero) is 1. The number of nitrogens with zero attached hydrogens (tertiary/aromatic N) is 1. The Morgan fingerprint density at radius 1 is 1.37 bits per heavy atom. The summed E-state index contributed by atoms with van der Waals surface area (Å²) in [6.07, 6.45) is 8.95. The Hall–Kier alpha value is -2.42. The molecule has 0 saturated heterocycles. The largest absolute Gasteiger partial charge is 0.356 e. The normalized spacial score (nSPS) is 26.4. The minimum atomic E-state index is -0.0580. The molecule has 2 aliphatic rings. The Kier molecular flexibility index (Phi) is 5.50. The van der Waals surface area contributed by atoms with Gasteiger partial charge in [-0.1, -0.05) is 33.1 Å². The van der Waals surface area contributed by atoms with Gasteiger partial charge in [0.25, 0.3) is 0 Å². The lowest BCUT2D eigenvalue weighted by Gasteiger charge is -2.48. The van der Waals surface area contributed by atoms with Gasteiger partial charge in [0.1, 0.15) is 0 Å². The molecule has 0 amide bonds. The molecule has 142 valence electrons. The summed E-state index contributed by atoms with van der Waals surface area (Å²) in [7, 11) is 0. The first-order valence-corrected chi connectivity index (χ1v) is 9.80. The zero-order valence-electron chi connectivity index (χ0n) is 16.7. The van der Waals surface area contributed by atoms with Crippen molar-refractivity contribution in [2.24, 2.45) is 16.8 Å². The number of rotatable bonds is 8. The van der Waals surface area contributed by atoms with Crippen molar-refractivity contribution in [3.05, 3.63) is 66.4 Å². The van der Waals surface area contributed by atoms with Crippen LogP contribution in [-0.4, -0.2) is 18.0 Å². The predicted molar refractivity (Wildman–Crippen MR) is 115 cm³/mol. The van der Waals surface area contributed by atoms with Crippen LogP contribution in [0, 0.1) is 11.8 Å². The fourth-order valence-electron chi connectivity index (χ4n) is 3.84. The van der Waals surface area contributed by atoms with Crippen LogP contribution in [0.4, 0.5) is 5.69 Å². The summed E-state index contributed by atoms with van der Waals surface area (Å²) < 4.78 is 0. The molecule has 3 nitrogen and oxygen atoms in total. The molecule has 1 unspecified atom stereocenters. The van der Waals surface area contributed by atoms with Crippen LogP contribution in [0.2, 0.25) is 0 Å². The molecule has 0 aliphatic heterocycles. The highest BCUT2D eigenvalue weighted by molar-refractivity contribution is 6.00. The number of nitrogens with one attached hydrogen (secondary N) is 1. The Labute approximate surface area is 163 Å². The minimum Gasteiger partial charge on any atom is -0.356 e. The maximum absolute atomic E-state index is 12.3. The molecule has 0 bridgehead atoms. The van der Waals surface area contributed by atoms with Crippen LogP contribution < -0.4 is 5.32 Å². The second-order valence-corrected chi connectivity index (χ2v) is 8.09. The van der Waals surface area contributed by atoms with E-state index in [-0.39, 0.29) is 11.2 Å². The number of carbonyl (C=O) groups excluding carboxylic acids is 1. The van der Waals surface area contributed by atoms with Crippen molar-refractivity contribution in [1.82, 2.24) is 0 Å². The number of hydrogen-bond acceptors (Lipinski definition) is 3. The molecule has 27 heavy (non-hydrogen) atoms. The van der Waals surface area contributed by atoms with Gasteiger partial charge in [-0.3, -0.25) is 9.79 Å². The molecule has 0 aromatic heterocycles. The SMILES string of the molecule is C=C/C=C(\C=C)Nc1ccc(C(C)=O)c(C2(C)CC(=NCC3CC3)[C@@H]2C)c1. The van der Waals surface area contributed by atoms with E-state index in [0.29, 0.717) is 5.92 Å². The number of ketones is 1. The fraction of sp³-hybridized carbons (Fsp3) is 0.417. The molecule has 3 rings (SSSR count). The van der Waals surface area contributed by atoms with Gasteiger partial charge in [0, 0.05) is 40.5 Å². The fourth-order valence-corrected chi connectivity index (χ4v) is 3.84. The van der Waals surface area contributed by atoms with E-state index >= 15 is 0 Å².